The summed E-state index contributed by atoms with van der Waals surface area (Å²) in [6.07, 6.45) is 0. The molecule has 0 saturated carbocycles. The van der Waals surface area contributed by atoms with Crippen molar-refractivity contribution in [3.05, 3.63) is 35.1 Å². The molecule has 2 rings (SSSR count). The number of hydrogen-bond acceptors (Lipinski definition) is 4. The van der Waals surface area contributed by atoms with E-state index in [0.717, 1.165) is 0 Å². The number of benzene rings is 1. The fraction of sp³-hybridized carbons (Fsp3) is 0.556. The van der Waals surface area contributed by atoms with Gasteiger partial charge < -0.3 is 9.64 Å². The Balaban J connectivity index is 1.87. The zero-order valence-electron chi connectivity index (χ0n) is 14.8. The van der Waals surface area contributed by atoms with Gasteiger partial charge in [0.2, 0.25) is 0 Å². The van der Waals surface area contributed by atoms with E-state index in [4.69, 9.17) is 4.74 Å². The minimum Gasteiger partial charge on any atom is -0.459 e. The maximum absolute atomic E-state index is 13.6. The molecule has 0 radical (unpaired) electrons. The smallest absolute Gasteiger partial charge is 0.320 e. The molecule has 1 aliphatic heterocycles. The van der Waals surface area contributed by atoms with Crippen LogP contribution in [0.1, 0.15) is 36.7 Å². The van der Waals surface area contributed by atoms with Crippen LogP contribution in [-0.2, 0) is 9.53 Å². The van der Waals surface area contributed by atoms with Gasteiger partial charge in [0.15, 0.2) is 0 Å². The van der Waals surface area contributed by atoms with Crippen LogP contribution in [0.3, 0.4) is 0 Å². The predicted molar refractivity (Wildman–Crippen MR) is 89.3 cm³/mol. The van der Waals surface area contributed by atoms with Gasteiger partial charge in [-0.15, -0.1) is 0 Å². The van der Waals surface area contributed by atoms with E-state index in [2.05, 4.69) is 0 Å². The van der Waals surface area contributed by atoms with Crippen molar-refractivity contribution in [3.63, 3.8) is 0 Å². The average molecular weight is 336 g/mol. The molecular weight excluding hydrogens is 311 g/mol. The molecule has 1 heterocycles. The van der Waals surface area contributed by atoms with Crippen molar-refractivity contribution in [2.45, 2.75) is 33.3 Å². The van der Waals surface area contributed by atoms with Crippen molar-refractivity contribution in [1.82, 2.24) is 9.80 Å². The van der Waals surface area contributed by atoms with Crippen LogP contribution in [0.2, 0.25) is 0 Å². The van der Waals surface area contributed by atoms with Gasteiger partial charge in [-0.05, 0) is 45.4 Å². The first kappa shape index (κ1) is 18.4. The van der Waals surface area contributed by atoms with E-state index < -0.39 is 5.60 Å². The Bertz CT molecular complexity index is 617. The van der Waals surface area contributed by atoms with E-state index in [0.29, 0.717) is 37.3 Å². The highest BCUT2D eigenvalue weighted by Gasteiger charge is 2.25. The molecule has 0 bridgehead atoms. The summed E-state index contributed by atoms with van der Waals surface area (Å²) in [5.41, 5.74) is 0.386. The van der Waals surface area contributed by atoms with Gasteiger partial charge >= 0.3 is 5.97 Å². The van der Waals surface area contributed by atoms with Crippen molar-refractivity contribution >= 4 is 11.9 Å². The standard InChI is InChI=1S/C18H25FN2O3/c1-13-5-6-14(11-15(13)19)17(23)21-9-7-20(8-10-21)12-16(22)24-18(2,3)4/h5-6,11H,7-10,12H2,1-4H3. The molecule has 0 unspecified atom stereocenters. The zero-order chi connectivity index (χ0) is 17.9. The first-order chi connectivity index (χ1) is 11.2. The van der Waals surface area contributed by atoms with Crippen LogP contribution in [0.25, 0.3) is 0 Å². The third kappa shape index (κ3) is 5.03. The van der Waals surface area contributed by atoms with Crippen LogP contribution in [0.5, 0.6) is 0 Å². The molecule has 1 aliphatic rings. The molecule has 6 heteroatoms. The van der Waals surface area contributed by atoms with E-state index in [9.17, 15) is 14.0 Å². The summed E-state index contributed by atoms with van der Waals surface area (Å²) in [6, 6.07) is 4.54. The number of ether oxygens (including phenoxy) is 1. The second kappa shape index (κ2) is 7.30. The van der Waals surface area contributed by atoms with Crippen LogP contribution in [0.15, 0.2) is 18.2 Å². The molecule has 1 aromatic rings. The number of amides is 1. The SMILES string of the molecule is Cc1ccc(C(=O)N2CCN(CC(=O)OC(C)(C)C)CC2)cc1F. The number of rotatable bonds is 3. The van der Waals surface area contributed by atoms with E-state index in [1.807, 2.05) is 25.7 Å². The quantitative estimate of drug-likeness (QED) is 0.795. The molecule has 1 amide bonds. The number of piperazine rings is 1. The molecule has 0 atom stereocenters. The summed E-state index contributed by atoms with van der Waals surface area (Å²) in [4.78, 5) is 27.9. The Hall–Kier alpha value is -1.95. The average Bonchev–Trinajstić information content (AvgIpc) is 2.48. The number of nitrogens with zero attached hydrogens (tertiary/aromatic N) is 2. The van der Waals surface area contributed by atoms with Gasteiger partial charge in [0.25, 0.3) is 5.91 Å². The number of esters is 1. The maximum Gasteiger partial charge on any atom is 0.320 e. The van der Waals surface area contributed by atoms with Crippen LogP contribution in [0.4, 0.5) is 4.39 Å². The summed E-state index contributed by atoms with van der Waals surface area (Å²) in [6.45, 7) is 9.61. The third-order valence-electron chi connectivity index (χ3n) is 3.85. The molecule has 132 valence electrons. The summed E-state index contributed by atoms with van der Waals surface area (Å²) in [7, 11) is 0. The second-order valence-corrected chi connectivity index (χ2v) is 7.12. The molecule has 24 heavy (non-hydrogen) atoms. The minimum absolute atomic E-state index is 0.175. The number of carbonyl (C=O) groups is 2. The minimum atomic E-state index is -0.496. The first-order valence-corrected chi connectivity index (χ1v) is 8.15. The predicted octanol–water partition coefficient (Wildman–Crippen LogP) is 2.23. The van der Waals surface area contributed by atoms with Gasteiger partial charge in [0, 0.05) is 31.7 Å². The summed E-state index contributed by atoms with van der Waals surface area (Å²) < 4.78 is 18.9. The highest BCUT2D eigenvalue weighted by molar-refractivity contribution is 5.94. The molecule has 1 saturated heterocycles. The first-order valence-electron chi connectivity index (χ1n) is 8.15. The monoisotopic (exact) mass is 336 g/mol. The molecular formula is C18H25FN2O3. The van der Waals surface area contributed by atoms with E-state index in [1.165, 1.54) is 6.07 Å². The molecule has 0 aromatic heterocycles. The Kier molecular flexibility index (Phi) is 5.59. The van der Waals surface area contributed by atoms with Crippen LogP contribution < -0.4 is 0 Å². The number of carbonyl (C=O) groups excluding carboxylic acids is 2. The molecule has 1 aromatic carbocycles. The van der Waals surface area contributed by atoms with Gasteiger partial charge in [-0.3, -0.25) is 14.5 Å². The molecule has 1 fully saturated rings. The zero-order valence-corrected chi connectivity index (χ0v) is 14.8. The van der Waals surface area contributed by atoms with Gasteiger partial charge in [0.1, 0.15) is 11.4 Å². The number of aryl methyl sites for hydroxylation is 1. The lowest BCUT2D eigenvalue weighted by atomic mass is 10.1. The second-order valence-electron chi connectivity index (χ2n) is 7.12. The van der Waals surface area contributed by atoms with Crippen molar-refractivity contribution in [3.8, 4) is 0 Å². The van der Waals surface area contributed by atoms with Crippen molar-refractivity contribution in [2.75, 3.05) is 32.7 Å². The fourth-order valence-electron chi connectivity index (χ4n) is 2.57. The van der Waals surface area contributed by atoms with Gasteiger partial charge in [-0.2, -0.15) is 0 Å². The Morgan fingerprint density at radius 3 is 2.33 bits per heavy atom. The number of halogens is 1. The Morgan fingerprint density at radius 2 is 1.79 bits per heavy atom. The lowest BCUT2D eigenvalue weighted by molar-refractivity contribution is -0.156. The maximum atomic E-state index is 13.6. The fourth-order valence-corrected chi connectivity index (χ4v) is 2.57. The highest BCUT2D eigenvalue weighted by Crippen LogP contribution is 2.14. The van der Waals surface area contributed by atoms with Gasteiger partial charge in [-0.25, -0.2) is 4.39 Å². The van der Waals surface area contributed by atoms with Crippen LogP contribution >= 0.6 is 0 Å². The summed E-state index contributed by atoms with van der Waals surface area (Å²) in [5, 5.41) is 0. The summed E-state index contributed by atoms with van der Waals surface area (Å²) >= 11 is 0. The van der Waals surface area contributed by atoms with Crippen molar-refractivity contribution in [1.29, 1.82) is 0 Å². The lowest BCUT2D eigenvalue weighted by Crippen LogP contribution is -2.50. The van der Waals surface area contributed by atoms with Crippen molar-refractivity contribution in [2.24, 2.45) is 0 Å². The molecule has 0 N–H and O–H groups in total. The molecule has 0 spiro atoms. The largest absolute Gasteiger partial charge is 0.459 e. The topological polar surface area (TPSA) is 49.9 Å². The highest BCUT2D eigenvalue weighted by atomic mass is 19.1. The normalized spacial score (nSPS) is 16.1. The molecule has 0 aliphatic carbocycles. The van der Waals surface area contributed by atoms with E-state index in [-0.39, 0.29) is 24.2 Å². The molecule has 5 nitrogen and oxygen atoms in total. The lowest BCUT2D eigenvalue weighted by Gasteiger charge is -2.34. The third-order valence-corrected chi connectivity index (χ3v) is 3.85. The van der Waals surface area contributed by atoms with Crippen LogP contribution in [-0.4, -0.2) is 60.0 Å². The van der Waals surface area contributed by atoms with Gasteiger partial charge in [0.05, 0.1) is 6.54 Å². The van der Waals surface area contributed by atoms with E-state index >= 15 is 0 Å². The van der Waals surface area contributed by atoms with Gasteiger partial charge in [-0.1, -0.05) is 6.07 Å². The van der Waals surface area contributed by atoms with Crippen molar-refractivity contribution < 1.29 is 18.7 Å². The Labute approximate surface area is 142 Å². The van der Waals surface area contributed by atoms with Crippen LogP contribution in [0, 0.1) is 12.7 Å². The summed E-state index contributed by atoms with van der Waals surface area (Å²) in [5.74, 6) is -0.807. The Morgan fingerprint density at radius 1 is 1.17 bits per heavy atom. The number of hydrogen-bond donors (Lipinski definition) is 0. The van der Waals surface area contributed by atoms with E-state index in [1.54, 1.807) is 24.0 Å².